The van der Waals surface area contributed by atoms with Gasteiger partial charge in [0.15, 0.2) is 0 Å². The molecular formula is C48H70N8O8. The van der Waals surface area contributed by atoms with E-state index < -0.39 is 47.1 Å². The fourth-order valence-corrected chi connectivity index (χ4v) is 9.14. The van der Waals surface area contributed by atoms with Crippen molar-refractivity contribution in [2.24, 2.45) is 10.8 Å². The first-order chi connectivity index (χ1) is 30.3. The molecule has 6 rings (SSSR count). The van der Waals surface area contributed by atoms with Crippen molar-refractivity contribution in [2.45, 2.75) is 142 Å². The van der Waals surface area contributed by atoms with Crippen LogP contribution in [0.25, 0.3) is 11.1 Å². The van der Waals surface area contributed by atoms with E-state index in [9.17, 15) is 28.8 Å². The van der Waals surface area contributed by atoms with Gasteiger partial charge in [0.05, 0.1) is 37.4 Å². The van der Waals surface area contributed by atoms with E-state index in [1.807, 2.05) is 77.9 Å². The third-order valence-electron chi connectivity index (χ3n) is 13.2. The van der Waals surface area contributed by atoms with Crippen molar-refractivity contribution in [1.29, 1.82) is 0 Å². The summed E-state index contributed by atoms with van der Waals surface area (Å²) in [5.74, 6) is -0.365. The minimum atomic E-state index is -0.816. The molecule has 8 atom stereocenters. The summed E-state index contributed by atoms with van der Waals surface area (Å²) < 4.78 is 12.7. The number of fused-ring (bicyclic) bond motifs is 2. The lowest BCUT2D eigenvalue weighted by Crippen LogP contribution is -2.59. The zero-order chi connectivity index (χ0) is 46.7. The number of hydrogen-bond acceptors (Lipinski definition) is 10. The average Bonchev–Trinajstić information content (AvgIpc) is 3.97. The molecule has 0 aromatic heterocycles. The van der Waals surface area contributed by atoms with Gasteiger partial charge in [-0.2, -0.15) is 0 Å². The molecule has 16 nitrogen and oxygen atoms in total. The Morgan fingerprint density at radius 2 is 0.969 bits per heavy atom. The van der Waals surface area contributed by atoms with Crippen molar-refractivity contribution in [3.05, 3.63) is 47.5 Å². The molecule has 2 saturated heterocycles. The summed E-state index contributed by atoms with van der Waals surface area (Å²) >= 11 is 0. The van der Waals surface area contributed by atoms with E-state index in [2.05, 4.69) is 31.9 Å². The van der Waals surface area contributed by atoms with Crippen LogP contribution in [0.3, 0.4) is 0 Å². The van der Waals surface area contributed by atoms with Crippen LogP contribution in [-0.2, 0) is 28.8 Å². The van der Waals surface area contributed by atoms with Crippen molar-refractivity contribution < 1.29 is 38.2 Å². The molecule has 64 heavy (non-hydrogen) atoms. The normalized spacial score (nSPS) is 22.7. The Hall–Kier alpha value is -5.22. The lowest BCUT2D eigenvalue weighted by Gasteiger charge is -2.36. The van der Waals surface area contributed by atoms with Crippen LogP contribution >= 0.6 is 0 Å². The number of likely N-dealkylation sites (N-methyl/N-ethyl adjacent to an activating group) is 2. The smallest absolute Gasteiger partial charge is 0.246 e. The minimum absolute atomic E-state index is 0.250. The number of rotatable bonds is 13. The molecule has 16 heteroatoms. The van der Waals surface area contributed by atoms with Gasteiger partial charge < -0.3 is 51.2 Å². The number of benzene rings is 2. The van der Waals surface area contributed by atoms with E-state index in [0.717, 1.165) is 22.3 Å². The Bertz CT molecular complexity index is 1930. The molecule has 6 N–H and O–H groups in total. The number of ether oxygens (including phenoxy) is 2. The number of likely N-dealkylation sites (tertiary alicyclic amines) is 2. The molecule has 0 saturated carbocycles. The first kappa shape index (κ1) is 48.2. The van der Waals surface area contributed by atoms with Crippen LogP contribution in [0.15, 0.2) is 36.4 Å². The molecule has 0 spiro atoms. The predicted octanol–water partition coefficient (Wildman–Crippen LogP) is 3.49. The molecule has 4 heterocycles. The van der Waals surface area contributed by atoms with E-state index in [0.29, 0.717) is 76.3 Å². The molecule has 2 aromatic rings. The maximum Gasteiger partial charge on any atom is 0.246 e. The van der Waals surface area contributed by atoms with Crippen molar-refractivity contribution in [2.75, 3.05) is 40.4 Å². The zero-order valence-electron chi connectivity index (χ0n) is 39.3. The van der Waals surface area contributed by atoms with E-state index in [1.54, 1.807) is 37.7 Å². The fourth-order valence-electron chi connectivity index (χ4n) is 9.14. The lowest BCUT2D eigenvalue weighted by atomic mass is 9.85. The predicted molar refractivity (Wildman–Crippen MR) is 243 cm³/mol. The summed E-state index contributed by atoms with van der Waals surface area (Å²) in [5.41, 5.74) is 2.00. The van der Waals surface area contributed by atoms with Crippen LogP contribution in [0.1, 0.15) is 117 Å². The minimum Gasteiger partial charge on any atom is -0.492 e. The van der Waals surface area contributed by atoms with Gasteiger partial charge in [0.2, 0.25) is 35.4 Å². The first-order valence-electron chi connectivity index (χ1n) is 23.0. The van der Waals surface area contributed by atoms with Crippen molar-refractivity contribution >= 4 is 35.4 Å². The Labute approximate surface area is 378 Å². The Kier molecular flexibility index (Phi) is 15.0. The summed E-state index contributed by atoms with van der Waals surface area (Å²) in [5, 5.41) is 18.2. The maximum atomic E-state index is 14.1. The Balaban J connectivity index is 1.19. The van der Waals surface area contributed by atoms with Crippen LogP contribution in [0.4, 0.5) is 0 Å². The highest BCUT2D eigenvalue weighted by Crippen LogP contribution is 2.47. The molecule has 0 radical (unpaired) electrons. The Morgan fingerprint density at radius 3 is 1.31 bits per heavy atom. The molecule has 0 aliphatic carbocycles. The summed E-state index contributed by atoms with van der Waals surface area (Å²) in [6.45, 7) is 16.4. The van der Waals surface area contributed by atoms with E-state index in [1.165, 1.54) is 0 Å². The van der Waals surface area contributed by atoms with Crippen LogP contribution in [0.5, 0.6) is 11.5 Å². The van der Waals surface area contributed by atoms with Crippen LogP contribution in [0.2, 0.25) is 0 Å². The first-order valence-corrected chi connectivity index (χ1v) is 23.0. The number of carbonyl (C=O) groups excluding carboxylic acids is 6. The van der Waals surface area contributed by atoms with Gasteiger partial charge in [-0.3, -0.25) is 28.8 Å². The van der Waals surface area contributed by atoms with Crippen LogP contribution < -0.4 is 41.4 Å². The fraction of sp³-hybridized carbons (Fsp3) is 0.625. The quantitative estimate of drug-likeness (QED) is 0.173. The summed E-state index contributed by atoms with van der Waals surface area (Å²) in [6.07, 6.45) is 3.42. The standard InChI is InChI=1S/C48H70N8O8/c1-27(49-9)41(57)53-39(47(3,4)5)45(61)55-23-13-19-35(55)43(59)51-33-21-25-63-37-29(15-11-17-31(33)37)30-16-12-18-32-34(22-26-64-38(30)32)52-44(60)36-20-14-24-56(36)46(62)40(48(6,7)8)54-42(58)28(2)50-10/h11-12,15-18,27-28,33-36,39-40,49-50H,13-14,19-26H2,1-10H3,(H,51,59)(H,52,60)(H,53,57)(H,54,58)/t27-,28-,33+,34+,35-,36-,39+,40?/m0/s1. The monoisotopic (exact) mass is 887 g/mol. The molecule has 6 amide bonds. The second kappa shape index (κ2) is 19.9. The Morgan fingerprint density at radius 1 is 0.594 bits per heavy atom. The molecule has 2 aromatic carbocycles. The lowest BCUT2D eigenvalue weighted by molar-refractivity contribution is -0.144. The summed E-state index contributed by atoms with van der Waals surface area (Å²) in [4.78, 5) is 85.5. The second-order valence-corrected chi connectivity index (χ2v) is 19.9. The third kappa shape index (κ3) is 10.3. The number of amides is 6. The maximum absolute atomic E-state index is 14.1. The van der Waals surface area contributed by atoms with Crippen molar-refractivity contribution in [3.8, 4) is 22.6 Å². The van der Waals surface area contributed by atoms with Crippen LogP contribution in [-0.4, -0.2) is 122 Å². The van der Waals surface area contributed by atoms with Gasteiger partial charge in [0.1, 0.15) is 35.7 Å². The van der Waals surface area contributed by atoms with Crippen molar-refractivity contribution in [1.82, 2.24) is 41.7 Å². The third-order valence-corrected chi connectivity index (χ3v) is 13.2. The van der Waals surface area contributed by atoms with Crippen LogP contribution in [0, 0.1) is 10.8 Å². The molecule has 1 unspecified atom stereocenters. The van der Waals surface area contributed by atoms with Gasteiger partial charge in [-0.05, 0) is 64.5 Å². The summed E-state index contributed by atoms with van der Waals surface area (Å²) in [6, 6.07) is 6.91. The number of hydrogen-bond donors (Lipinski definition) is 6. The molecular weight excluding hydrogens is 817 g/mol. The van der Waals surface area contributed by atoms with E-state index in [-0.39, 0.29) is 47.5 Å². The zero-order valence-corrected chi connectivity index (χ0v) is 39.3. The molecule has 350 valence electrons. The number of nitrogens with zero attached hydrogens (tertiary/aromatic N) is 2. The van der Waals surface area contributed by atoms with E-state index in [4.69, 9.17) is 9.47 Å². The van der Waals surface area contributed by atoms with Gasteiger partial charge in [-0.25, -0.2) is 0 Å². The highest BCUT2D eigenvalue weighted by Gasteiger charge is 2.45. The van der Waals surface area contributed by atoms with Crippen molar-refractivity contribution in [3.63, 3.8) is 0 Å². The van der Waals surface area contributed by atoms with Gasteiger partial charge in [-0.1, -0.05) is 77.9 Å². The molecule has 4 aliphatic rings. The topological polar surface area (TPSA) is 200 Å². The number of carbonyl (C=O) groups is 6. The van der Waals surface area contributed by atoms with Gasteiger partial charge in [0.25, 0.3) is 0 Å². The second-order valence-electron chi connectivity index (χ2n) is 19.9. The highest BCUT2D eigenvalue weighted by molar-refractivity contribution is 5.95. The molecule has 2 fully saturated rings. The van der Waals surface area contributed by atoms with Gasteiger partial charge in [0, 0.05) is 48.2 Å². The molecule has 0 bridgehead atoms. The molecule has 4 aliphatic heterocycles. The SMILES string of the molecule is CN[C@@H](C)C(=O)NC(C(=O)N1CCC[C@H]1C(=O)N[C@@H]1CCOc2c(-c3cccc4c3OCC[C@H]4NC(=O)[C@@H]3CCCN3C(=O)[C@@H](NC(=O)[C@H](C)NC)C(C)(C)C)cccc21)C(C)(C)C. The van der Waals surface area contributed by atoms with E-state index >= 15 is 0 Å². The number of nitrogens with one attached hydrogen (secondary N) is 6. The van der Waals surface area contributed by atoms with Gasteiger partial charge >= 0.3 is 0 Å². The van der Waals surface area contributed by atoms with Gasteiger partial charge in [-0.15, -0.1) is 0 Å². The average molecular weight is 887 g/mol. The number of para-hydroxylation sites is 2. The summed E-state index contributed by atoms with van der Waals surface area (Å²) in [7, 11) is 3.38. The highest BCUT2D eigenvalue weighted by atomic mass is 16.5. The largest absolute Gasteiger partial charge is 0.492 e.